The maximum atomic E-state index is 12.3. The second kappa shape index (κ2) is 8.80. The summed E-state index contributed by atoms with van der Waals surface area (Å²) in [5, 5.41) is 2.78. The topological polar surface area (TPSA) is 69.9 Å². The Morgan fingerprint density at radius 2 is 1.70 bits per heavy atom. The van der Waals surface area contributed by atoms with Crippen molar-refractivity contribution in [3.8, 4) is 17.2 Å². The largest absolute Gasteiger partial charge is 0.494 e. The first kappa shape index (κ1) is 18.4. The number of carbonyl (C=O) groups excluding carboxylic acids is 1. The summed E-state index contributed by atoms with van der Waals surface area (Å²) in [5.74, 6) is 2.42. The number of methoxy groups -OCH3 is 1. The van der Waals surface area contributed by atoms with Gasteiger partial charge in [0.15, 0.2) is 17.3 Å². The van der Waals surface area contributed by atoms with Gasteiger partial charge in [-0.2, -0.15) is 0 Å². The van der Waals surface area contributed by atoms with E-state index in [9.17, 15) is 4.79 Å². The molecule has 1 heterocycles. The molecule has 0 saturated carbocycles. The molecule has 0 unspecified atom stereocenters. The molecule has 1 N–H and O–H groups in total. The standard InChI is InChI=1S/C21H21NO5/c1-3-25-16-10-8-15(9-11-16)22-21(23)20-13-12-17(27-20)14-26-19-7-5-4-6-18(19)24-2/h4-13H,3,14H2,1-2H3,(H,22,23). The van der Waals surface area contributed by atoms with Gasteiger partial charge in [-0.25, -0.2) is 0 Å². The summed E-state index contributed by atoms with van der Waals surface area (Å²) >= 11 is 0. The van der Waals surface area contributed by atoms with Gasteiger partial charge in [0.1, 0.15) is 18.1 Å². The number of nitrogens with one attached hydrogen (secondary N) is 1. The number of hydrogen-bond acceptors (Lipinski definition) is 5. The minimum Gasteiger partial charge on any atom is -0.494 e. The lowest BCUT2D eigenvalue weighted by molar-refractivity contribution is 0.0992. The Morgan fingerprint density at radius 3 is 2.41 bits per heavy atom. The van der Waals surface area contributed by atoms with Gasteiger partial charge >= 0.3 is 0 Å². The number of anilines is 1. The summed E-state index contributed by atoms with van der Waals surface area (Å²) < 4.78 is 21.9. The molecule has 0 bridgehead atoms. The van der Waals surface area contributed by atoms with Crippen molar-refractivity contribution < 1.29 is 23.4 Å². The van der Waals surface area contributed by atoms with Crippen LogP contribution < -0.4 is 19.5 Å². The zero-order valence-electron chi connectivity index (χ0n) is 15.2. The van der Waals surface area contributed by atoms with Crippen molar-refractivity contribution in [2.75, 3.05) is 19.0 Å². The van der Waals surface area contributed by atoms with E-state index in [4.69, 9.17) is 18.6 Å². The lowest BCUT2D eigenvalue weighted by Gasteiger charge is -2.08. The van der Waals surface area contributed by atoms with Crippen LogP contribution in [0.1, 0.15) is 23.2 Å². The first-order chi connectivity index (χ1) is 13.2. The van der Waals surface area contributed by atoms with Gasteiger partial charge < -0.3 is 23.9 Å². The predicted octanol–water partition coefficient (Wildman–Crippen LogP) is 4.52. The Hall–Kier alpha value is -3.41. The van der Waals surface area contributed by atoms with Crippen molar-refractivity contribution in [2.45, 2.75) is 13.5 Å². The Morgan fingerprint density at radius 1 is 0.963 bits per heavy atom. The van der Waals surface area contributed by atoms with Crippen LogP contribution >= 0.6 is 0 Å². The number of carbonyl (C=O) groups is 1. The number of ether oxygens (including phenoxy) is 3. The van der Waals surface area contributed by atoms with E-state index < -0.39 is 0 Å². The zero-order valence-corrected chi connectivity index (χ0v) is 15.2. The molecule has 0 saturated heterocycles. The van der Waals surface area contributed by atoms with Gasteiger partial charge in [-0.05, 0) is 55.5 Å². The lowest BCUT2D eigenvalue weighted by atomic mass is 10.3. The maximum absolute atomic E-state index is 12.3. The van der Waals surface area contributed by atoms with Crippen LogP contribution in [0, 0.1) is 0 Å². The number of furan rings is 1. The van der Waals surface area contributed by atoms with Gasteiger partial charge in [-0.15, -0.1) is 0 Å². The van der Waals surface area contributed by atoms with Gasteiger partial charge in [0.05, 0.1) is 13.7 Å². The SMILES string of the molecule is CCOc1ccc(NC(=O)c2ccc(COc3ccccc3OC)o2)cc1. The molecule has 0 aliphatic heterocycles. The molecule has 3 aromatic rings. The van der Waals surface area contributed by atoms with Gasteiger partial charge in [0, 0.05) is 5.69 Å². The molecule has 0 spiro atoms. The fourth-order valence-electron chi connectivity index (χ4n) is 2.46. The second-order valence-electron chi connectivity index (χ2n) is 5.62. The van der Waals surface area contributed by atoms with E-state index >= 15 is 0 Å². The van der Waals surface area contributed by atoms with E-state index in [0.717, 1.165) is 5.75 Å². The van der Waals surface area contributed by atoms with Crippen molar-refractivity contribution in [3.63, 3.8) is 0 Å². The molecule has 140 valence electrons. The highest BCUT2D eigenvalue weighted by Gasteiger charge is 2.12. The van der Waals surface area contributed by atoms with Crippen LogP contribution in [-0.4, -0.2) is 19.6 Å². The van der Waals surface area contributed by atoms with Crippen LogP contribution in [0.2, 0.25) is 0 Å². The molecule has 3 rings (SSSR count). The molecule has 1 aromatic heterocycles. The second-order valence-corrected chi connectivity index (χ2v) is 5.62. The highest BCUT2D eigenvalue weighted by molar-refractivity contribution is 6.02. The summed E-state index contributed by atoms with van der Waals surface area (Å²) in [7, 11) is 1.58. The van der Waals surface area contributed by atoms with Gasteiger partial charge in [0.25, 0.3) is 5.91 Å². The quantitative estimate of drug-likeness (QED) is 0.634. The Labute approximate surface area is 157 Å². The molecule has 0 aliphatic carbocycles. The minimum atomic E-state index is -0.331. The fourth-order valence-corrected chi connectivity index (χ4v) is 2.46. The number of hydrogen-bond donors (Lipinski definition) is 1. The number of benzene rings is 2. The van der Waals surface area contributed by atoms with Crippen LogP contribution in [-0.2, 0) is 6.61 Å². The van der Waals surface area contributed by atoms with Crippen molar-refractivity contribution >= 4 is 11.6 Å². The Balaban J connectivity index is 1.58. The van der Waals surface area contributed by atoms with Gasteiger partial charge in [0.2, 0.25) is 0 Å². The summed E-state index contributed by atoms with van der Waals surface area (Å²) in [6.45, 7) is 2.70. The van der Waals surface area contributed by atoms with Gasteiger partial charge in [-0.3, -0.25) is 4.79 Å². The van der Waals surface area contributed by atoms with E-state index in [2.05, 4.69) is 5.32 Å². The predicted molar refractivity (Wildman–Crippen MR) is 102 cm³/mol. The lowest BCUT2D eigenvalue weighted by Crippen LogP contribution is -2.10. The molecule has 1 amide bonds. The molecule has 0 fully saturated rings. The van der Waals surface area contributed by atoms with Crippen molar-refractivity contribution in [2.24, 2.45) is 0 Å². The highest BCUT2D eigenvalue weighted by atomic mass is 16.5. The molecule has 6 heteroatoms. The van der Waals surface area contributed by atoms with E-state index in [-0.39, 0.29) is 18.3 Å². The minimum absolute atomic E-state index is 0.191. The highest BCUT2D eigenvalue weighted by Crippen LogP contribution is 2.27. The van der Waals surface area contributed by atoms with E-state index in [1.165, 1.54) is 0 Å². The van der Waals surface area contributed by atoms with E-state index in [0.29, 0.717) is 29.6 Å². The third kappa shape index (κ3) is 4.82. The van der Waals surface area contributed by atoms with Gasteiger partial charge in [-0.1, -0.05) is 12.1 Å². The molecular weight excluding hydrogens is 346 g/mol. The van der Waals surface area contributed by atoms with Crippen molar-refractivity contribution in [1.82, 2.24) is 0 Å². The van der Waals surface area contributed by atoms with Crippen LogP contribution in [0.25, 0.3) is 0 Å². The number of para-hydroxylation sites is 2. The zero-order chi connectivity index (χ0) is 19.1. The average molecular weight is 367 g/mol. The average Bonchev–Trinajstić information content (AvgIpc) is 3.17. The van der Waals surface area contributed by atoms with Crippen LogP contribution in [0.5, 0.6) is 17.2 Å². The molecule has 2 aromatic carbocycles. The normalized spacial score (nSPS) is 10.3. The third-order valence-corrected chi connectivity index (χ3v) is 3.75. The fraction of sp³-hybridized carbons (Fsp3) is 0.190. The van der Waals surface area contributed by atoms with Crippen LogP contribution in [0.4, 0.5) is 5.69 Å². The van der Waals surface area contributed by atoms with E-state index in [1.54, 1.807) is 49.6 Å². The molecule has 0 radical (unpaired) electrons. The summed E-state index contributed by atoms with van der Waals surface area (Å²) in [6, 6.07) is 17.8. The summed E-state index contributed by atoms with van der Waals surface area (Å²) in [5.41, 5.74) is 0.659. The first-order valence-electron chi connectivity index (χ1n) is 8.58. The van der Waals surface area contributed by atoms with E-state index in [1.807, 2.05) is 25.1 Å². The number of amides is 1. The first-order valence-corrected chi connectivity index (χ1v) is 8.58. The Kier molecular flexibility index (Phi) is 5.99. The Bertz CT molecular complexity index is 886. The van der Waals surface area contributed by atoms with Crippen molar-refractivity contribution in [1.29, 1.82) is 0 Å². The smallest absolute Gasteiger partial charge is 0.291 e. The summed E-state index contributed by atoms with van der Waals surface area (Å²) in [6.07, 6.45) is 0. The molecular formula is C21H21NO5. The van der Waals surface area contributed by atoms with Crippen LogP contribution in [0.3, 0.4) is 0 Å². The molecule has 27 heavy (non-hydrogen) atoms. The monoisotopic (exact) mass is 367 g/mol. The molecule has 6 nitrogen and oxygen atoms in total. The summed E-state index contributed by atoms with van der Waals surface area (Å²) in [4.78, 5) is 12.3. The molecule has 0 atom stereocenters. The number of rotatable bonds is 8. The van der Waals surface area contributed by atoms with Crippen molar-refractivity contribution in [3.05, 3.63) is 72.2 Å². The molecule has 0 aliphatic rings. The third-order valence-electron chi connectivity index (χ3n) is 3.75. The van der Waals surface area contributed by atoms with Crippen LogP contribution in [0.15, 0.2) is 65.1 Å². The maximum Gasteiger partial charge on any atom is 0.291 e.